The number of nitrogens with two attached hydrogens (primary N) is 1. The van der Waals surface area contributed by atoms with Gasteiger partial charge in [0.1, 0.15) is 0 Å². The Morgan fingerprint density at radius 2 is 2.00 bits per heavy atom. The van der Waals surface area contributed by atoms with E-state index in [9.17, 15) is 0 Å². The summed E-state index contributed by atoms with van der Waals surface area (Å²) < 4.78 is 1.15. The van der Waals surface area contributed by atoms with Crippen molar-refractivity contribution in [3.63, 3.8) is 0 Å². The highest BCUT2D eigenvalue weighted by Gasteiger charge is 2.21. The van der Waals surface area contributed by atoms with Gasteiger partial charge in [-0.2, -0.15) is 0 Å². The van der Waals surface area contributed by atoms with Gasteiger partial charge in [-0.15, -0.1) is 0 Å². The molecule has 1 atom stereocenters. The van der Waals surface area contributed by atoms with Crippen molar-refractivity contribution in [1.29, 1.82) is 0 Å². The van der Waals surface area contributed by atoms with Crippen molar-refractivity contribution in [2.75, 3.05) is 11.9 Å². The zero-order valence-corrected chi connectivity index (χ0v) is 13.7. The second kappa shape index (κ2) is 6.07. The van der Waals surface area contributed by atoms with Gasteiger partial charge in [-0.25, -0.2) is 0 Å². The van der Waals surface area contributed by atoms with Crippen LogP contribution in [-0.2, 0) is 6.42 Å². The van der Waals surface area contributed by atoms with Crippen LogP contribution in [0.15, 0.2) is 22.7 Å². The molecule has 0 amide bonds. The van der Waals surface area contributed by atoms with Crippen LogP contribution in [0.4, 0.5) is 5.69 Å². The van der Waals surface area contributed by atoms with Crippen LogP contribution in [0.2, 0.25) is 0 Å². The fraction of sp³-hybridized carbons (Fsp3) is 0.600. The molecule has 0 aromatic heterocycles. The normalized spacial score (nSPS) is 13.5. The Bertz CT molecular complexity index is 399. The van der Waals surface area contributed by atoms with Crippen molar-refractivity contribution < 1.29 is 0 Å². The highest BCUT2D eigenvalue weighted by atomic mass is 79.9. The summed E-state index contributed by atoms with van der Waals surface area (Å²) in [7, 11) is 2.15. The zero-order valence-electron chi connectivity index (χ0n) is 12.1. The van der Waals surface area contributed by atoms with Gasteiger partial charge in [0, 0.05) is 28.8 Å². The molecule has 3 heteroatoms. The SMILES string of the molecule is CCC(C)(C)N(C)c1ccc(CC(C)N)c(Br)c1. The smallest absolute Gasteiger partial charge is 0.0379 e. The molecule has 2 N–H and O–H groups in total. The molecule has 0 aliphatic heterocycles. The molecule has 0 aliphatic rings. The molecule has 102 valence electrons. The van der Waals surface area contributed by atoms with E-state index in [1.54, 1.807) is 0 Å². The van der Waals surface area contributed by atoms with E-state index < -0.39 is 0 Å². The van der Waals surface area contributed by atoms with Gasteiger partial charge >= 0.3 is 0 Å². The van der Waals surface area contributed by atoms with E-state index in [4.69, 9.17) is 5.73 Å². The molecule has 0 saturated heterocycles. The molecular weight excluding hydrogens is 288 g/mol. The van der Waals surface area contributed by atoms with Gasteiger partial charge in [0.25, 0.3) is 0 Å². The van der Waals surface area contributed by atoms with Crippen LogP contribution in [0, 0.1) is 0 Å². The average Bonchev–Trinajstić information content (AvgIpc) is 2.30. The number of rotatable bonds is 5. The molecule has 0 bridgehead atoms. The molecule has 0 fully saturated rings. The van der Waals surface area contributed by atoms with Crippen molar-refractivity contribution in [1.82, 2.24) is 0 Å². The molecular formula is C15H25BrN2. The summed E-state index contributed by atoms with van der Waals surface area (Å²) in [5.74, 6) is 0. The van der Waals surface area contributed by atoms with E-state index in [2.05, 4.69) is 66.8 Å². The van der Waals surface area contributed by atoms with E-state index in [0.29, 0.717) is 0 Å². The maximum atomic E-state index is 5.85. The molecule has 0 saturated carbocycles. The molecule has 1 rings (SSSR count). The summed E-state index contributed by atoms with van der Waals surface area (Å²) >= 11 is 3.65. The Morgan fingerprint density at radius 3 is 2.44 bits per heavy atom. The van der Waals surface area contributed by atoms with Gasteiger partial charge in [0.05, 0.1) is 0 Å². The molecule has 1 aromatic rings. The minimum Gasteiger partial charge on any atom is -0.369 e. The van der Waals surface area contributed by atoms with Crippen LogP contribution in [0.3, 0.4) is 0 Å². The summed E-state index contributed by atoms with van der Waals surface area (Å²) in [5, 5.41) is 0. The van der Waals surface area contributed by atoms with E-state index >= 15 is 0 Å². The van der Waals surface area contributed by atoms with Crippen molar-refractivity contribution >= 4 is 21.6 Å². The topological polar surface area (TPSA) is 29.3 Å². The lowest BCUT2D eigenvalue weighted by Crippen LogP contribution is -2.40. The Hall–Kier alpha value is -0.540. The summed E-state index contributed by atoms with van der Waals surface area (Å²) in [6, 6.07) is 6.73. The molecule has 0 spiro atoms. The van der Waals surface area contributed by atoms with E-state index in [1.807, 2.05) is 6.92 Å². The van der Waals surface area contributed by atoms with Gasteiger partial charge in [-0.3, -0.25) is 0 Å². The first-order valence-electron chi connectivity index (χ1n) is 6.55. The van der Waals surface area contributed by atoms with Crippen LogP contribution in [0.25, 0.3) is 0 Å². The standard InChI is InChI=1S/C15H25BrN2/c1-6-15(3,4)18(5)13-8-7-12(9-11(2)17)14(16)10-13/h7-8,10-11H,6,9,17H2,1-5H3. The number of benzene rings is 1. The van der Waals surface area contributed by atoms with E-state index in [-0.39, 0.29) is 11.6 Å². The number of halogens is 1. The van der Waals surface area contributed by atoms with E-state index in [0.717, 1.165) is 17.3 Å². The van der Waals surface area contributed by atoms with Crippen LogP contribution in [0.5, 0.6) is 0 Å². The number of hydrogen-bond acceptors (Lipinski definition) is 2. The number of hydrogen-bond donors (Lipinski definition) is 1. The van der Waals surface area contributed by atoms with Crippen LogP contribution in [-0.4, -0.2) is 18.6 Å². The Kier molecular flexibility index (Phi) is 5.23. The van der Waals surface area contributed by atoms with Crippen molar-refractivity contribution in [2.24, 2.45) is 5.73 Å². The van der Waals surface area contributed by atoms with Gasteiger partial charge in [-0.05, 0) is 51.3 Å². The minimum absolute atomic E-state index is 0.169. The summed E-state index contributed by atoms with van der Waals surface area (Å²) in [4.78, 5) is 2.33. The third-order valence-corrected chi connectivity index (χ3v) is 4.48. The summed E-state index contributed by atoms with van der Waals surface area (Å²) in [5.41, 5.74) is 8.53. The fourth-order valence-electron chi connectivity index (χ4n) is 1.84. The third kappa shape index (κ3) is 3.72. The van der Waals surface area contributed by atoms with Gasteiger partial charge < -0.3 is 10.6 Å². The van der Waals surface area contributed by atoms with Gasteiger partial charge in [-0.1, -0.05) is 28.9 Å². The molecule has 1 aromatic carbocycles. The second-order valence-electron chi connectivity index (χ2n) is 5.68. The maximum Gasteiger partial charge on any atom is 0.0379 e. The maximum absolute atomic E-state index is 5.85. The lowest BCUT2D eigenvalue weighted by Gasteiger charge is -2.37. The minimum atomic E-state index is 0.169. The van der Waals surface area contributed by atoms with Crippen molar-refractivity contribution in [3.8, 4) is 0 Å². The monoisotopic (exact) mass is 312 g/mol. The lowest BCUT2D eigenvalue weighted by atomic mass is 9.98. The number of nitrogens with zero attached hydrogens (tertiary/aromatic N) is 1. The molecule has 0 heterocycles. The number of anilines is 1. The van der Waals surface area contributed by atoms with Crippen molar-refractivity contribution in [2.45, 2.75) is 52.1 Å². The predicted molar refractivity (Wildman–Crippen MR) is 84.3 cm³/mol. The van der Waals surface area contributed by atoms with Crippen molar-refractivity contribution in [3.05, 3.63) is 28.2 Å². The zero-order chi connectivity index (χ0) is 13.9. The summed E-state index contributed by atoms with van der Waals surface area (Å²) in [6.45, 7) is 8.77. The highest BCUT2D eigenvalue weighted by molar-refractivity contribution is 9.10. The predicted octanol–water partition coefficient (Wildman–Crippen LogP) is 3.96. The van der Waals surface area contributed by atoms with Crippen LogP contribution < -0.4 is 10.6 Å². The van der Waals surface area contributed by atoms with Gasteiger partial charge in [0.15, 0.2) is 0 Å². The van der Waals surface area contributed by atoms with Crippen LogP contribution in [0.1, 0.15) is 39.7 Å². The van der Waals surface area contributed by atoms with Gasteiger partial charge in [0.2, 0.25) is 0 Å². The summed E-state index contributed by atoms with van der Waals surface area (Å²) in [6.07, 6.45) is 2.02. The molecule has 0 radical (unpaired) electrons. The third-order valence-electron chi connectivity index (χ3n) is 3.74. The lowest BCUT2D eigenvalue weighted by molar-refractivity contribution is 0.470. The first kappa shape index (κ1) is 15.5. The first-order chi connectivity index (χ1) is 8.27. The van der Waals surface area contributed by atoms with Crippen LogP contribution >= 0.6 is 15.9 Å². The first-order valence-corrected chi connectivity index (χ1v) is 7.35. The molecule has 0 aliphatic carbocycles. The largest absolute Gasteiger partial charge is 0.369 e. The molecule has 1 unspecified atom stereocenters. The Morgan fingerprint density at radius 1 is 1.39 bits per heavy atom. The second-order valence-corrected chi connectivity index (χ2v) is 6.54. The highest BCUT2D eigenvalue weighted by Crippen LogP contribution is 2.29. The fourth-order valence-corrected chi connectivity index (χ4v) is 2.37. The molecule has 18 heavy (non-hydrogen) atoms. The Balaban J connectivity index is 2.97. The quantitative estimate of drug-likeness (QED) is 0.891. The average molecular weight is 313 g/mol. The Labute approximate surface area is 120 Å². The van der Waals surface area contributed by atoms with E-state index in [1.165, 1.54) is 11.3 Å². The molecule has 2 nitrogen and oxygen atoms in total.